The van der Waals surface area contributed by atoms with Crippen molar-refractivity contribution in [2.45, 2.75) is 39.3 Å². The minimum Gasteiger partial charge on any atom is -0.378 e. The lowest BCUT2D eigenvalue weighted by Gasteiger charge is -2.39. The summed E-state index contributed by atoms with van der Waals surface area (Å²) in [7, 11) is 0. The molecule has 0 amide bonds. The van der Waals surface area contributed by atoms with Crippen LogP contribution in [0.15, 0.2) is 49.1 Å². The topological polar surface area (TPSA) is 66.0 Å². The number of nitrogens with zero attached hydrogens (tertiary/aromatic N) is 4. The first kappa shape index (κ1) is 19.2. The molecule has 6 nitrogen and oxygen atoms in total. The van der Waals surface area contributed by atoms with Crippen LogP contribution in [0.5, 0.6) is 0 Å². The Bertz CT molecular complexity index is 1060. The Kier molecular flexibility index (Phi) is 4.62. The summed E-state index contributed by atoms with van der Waals surface area (Å²) in [4.78, 5) is 15.7. The van der Waals surface area contributed by atoms with Gasteiger partial charge in [0, 0.05) is 50.3 Å². The van der Waals surface area contributed by atoms with Crippen LogP contribution in [0, 0.1) is 11.3 Å². The monoisotopic (exact) mass is 402 g/mol. The van der Waals surface area contributed by atoms with Gasteiger partial charge in [0.2, 0.25) is 0 Å². The normalized spacial score (nSPS) is 23.7. The molecule has 3 heterocycles. The van der Waals surface area contributed by atoms with Crippen LogP contribution in [0.3, 0.4) is 0 Å². The van der Waals surface area contributed by atoms with Gasteiger partial charge in [-0.05, 0) is 41.5 Å². The SMILES string of the molecule is CC(C)(C)C1CC12CN(c1ccncc1NCc1ccc3nccnc3c1)CCN2. The molecule has 156 valence electrons. The van der Waals surface area contributed by atoms with Crippen LogP contribution < -0.4 is 15.5 Å². The number of hydrogen-bond donors (Lipinski definition) is 2. The van der Waals surface area contributed by atoms with E-state index in [1.807, 2.05) is 18.5 Å². The van der Waals surface area contributed by atoms with Crippen LogP contribution in [0.25, 0.3) is 11.0 Å². The van der Waals surface area contributed by atoms with Gasteiger partial charge in [-0.15, -0.1) is 0 Å². The molecule has 3 aromatic rings. The average molecular weight is 403 g/mol. The van der Waals surface area contributed by atoms with E-state index in [1.54, 1.807) is 12.4 Å². The Labute approximate surface area is 178 Å². The summed E-state index contributed by atoms with van der Waals surface area (Å²) in [6.07, 6.45) is 8.57. The minimum atomic E-state index is 0.258. The van der Waals surface area contributed by atoms with Gasteiger partial charge >= 0.3 is 0 Å². The average Bonchev–Trinajstić information content (AvgIpc) is 3.45. The highest BCUT2D eigenvalue weighted by atomic mass is 15.3. The number of rotatable bonds is 4. The quantitative estimate of drug-likeness (QED) is 0.691. The molecule has 1 saturated heterocycles. The molecule has 2 N–H and O–H groups in total. The van der Waals surface area contributed by atoms with Crippen LogP contribution >= 0.6 is 0 Å². The van der Waals surface area contributed by atoms with Gasteiger partial charge in [0.1, 0.15) is 0 Å². The number of pyridine rings is 1. The van der Waals surface area contributed by atoms with Crippen molar-refractivity contribution in [1.29, 1.82) is 0 Å². The van der Waals surface area contributed by atoms with Crippen molar-refractivity contribution in [2.75, 3.05) is 29.9 Å². The summed E-state index contributed by atoms with van der Waals surface area (Å²) < 4.78 is 0. The fraction of sp³-hybridized carbons (Fsp3) is 0.458. The van der Waals surface area contributed by atoms with Gasteiger partial charge in [-0.25, -0.2) is 0 Å². The maximum Gasteiger partial charge on any atom is 0.0890 e. The lowest BCUT2D eigenvalue weighted by molar-refractivity contribution is 0.282. The molecule has 0 radical (unpaired) electrons. The van der Waals surface area contributed by atoms with Crippen molar-refractivity contribution in [3.63, 3.8) is 0 Å². The summed E-state index contributed by atoms with van der Waals surface area (Å²) in [6, 6.07) is 8.38. The minimum absolute atomic E-state index is 0.258. The number of anilines is 2. The summed E-state index contributed by atoms with van der Waals surface area (Å²) in [5, 5.41) is 7.44. The molecule has 5 rings (SSSR count). The van der Waals surface area contributed by atoms with E-state index in [0.29, 0.717) is 5.41 Å². The predicted molar refractivity (Wildman–Crippen MR) is 122 cm³/mol. The van der Waals surface area contributed by atoms with Crippen molar-refractivity contribution in [3.8, 4) is 0 Å². The standard InChI is InChI=1S/C24H30N6/c1-23(2,3)22-13-24(22)16-30(11-10-29-24)21-6-7-25-15-20(21)28-14-17-4-5-18-19(12-17)27-9-8-26-18/h4-9,12,15,22,28-29H,10-11,13-14,16H2,1-3H3. The number of hydrogen-bond acceptors (Lipinski definition) is 6. The summed E-state index contributed by atoms with van der Waals surface area (Å²) in [5.41, 5.74) is 5.96. The molecule has 30 heavy (non-hydrogen) atoms. The fourth-order valence-electron chi connectivity index (χ4n) is 5.05. The van der Waals surface area contributed by atoms with Crippen LogP contribution in [-0.4, -0.2) is 40.1 Å². The van der Waals surface area contributed by atoms with Gasteiger partial charge in [-0.1, -0.05) is 26.8 Å². The summed E-state index contributed by atoms with van der Waals surface area (Å²) >= 11 is 0. The highest BCUT2D eigenvalue weighted by Crippen LogP contribution is 2.55. The van der Waals surface area contributed by atoms with Gasteiger partial charge in [0.15, 0.2) is 0 Å². The highest BCUT2D eigenvalue weighted by Gasteiger charge is 2.60. The van der Waals surface area contributed by atoms with Crippen LogP contribution in [-0.2, 0) is 6.54 Å². The van der Waals surface area contributed by atoms with Crippen molar-refractivity contribution in [1.82, 2.24) is 20.3 Å². The summed E-state index contributed by atoms with van der Waals surface area (Å²) in [6.45, 7) is 10.9. The molecule has 2 atom stereocenters. The molecule has 1 spiro atoms. The first-order chi connectivity index (χ1) is 14.4. The van der Waals surface area contributed by atoms with Crippen LogP contribution in [0.1, 0.15) is 32.8 Å². The number of benzene rings is 1. The van der Waals surface area contributed by atoms with Gasteiger partial charge in [0.25, 0.3) is 0 Å². The Balaban J connectivity index is 1.33. The Morgan fingerprint density at radius 1 is 1.13 bits per heavy atom. The maximum absolute atomic E-state index is 4.42. The number of nitrogens with one attached hydrogen (secondary N) is 2. The molecular formula is C24H30N6. The zero-order chi connectivity index (χ0) is 20.8. The first-order valence-electron chi connectivity index (χ1n) is 10.8. The number of piperazine rings is 1. The largest absolute Gasteiger partial charge is 0.378 e. The van der Waals surface area contributed by atoms with Crippen LogP contribution in [0.4, 0.5) is 11.4 Å². The molecular weight excluding hydrogens is 372 g/mol. The molecule has 0 bridgehead atoms. The second-order valence-electron chi connectivity index (χ2n) is 9.75. The van der Waals surface area contributed by atoms with E-state index in [4.69, 9.17) is 0 Å². The molecule has 6 heteroatoms. The van der Waals surface area contributed by atoms with E-state index >= 15 is 0 Å². The van der Waals surface area contributed by atoms with E-state index in [2.05, 4.69) is 69.5 Å². The predicted octanol–water partition coefficient (Wildman–Crippen LogP) is 3.85. The Hall–Kier alpha value is -2.73. The van der Waals surface area contributed by atoms with Crippen molar-refractivity contribution in [2.24, 2.45) is 11.3 Å². The van der Waals surface area contributed by atoms with Gasteiger partial charge in [-0.3, -0.25) is 15.0 Å². The van der Waals surface area contributed by atoms with Crippen molar-refractivity contribution < 1.29 is 0 Å². The maximum atomic E-state index is 4.42. The molecule has 1 aliphatic carbocycles. The third kappa shape index (κ3) is 3.60. The molecule has 1 saturated carbocycles. The third-order valence-electron chi connectivity index (χ3n) is 6.61. The highest BCUT2D eigenvalue weighted by molar-refractivity contribution is 5.75. The van der Waals surface area contributed by atoms with Crippen molar-refractivity contribution >= 4 is 22.4 Å². The van der Waals surface area contributed by atoms with E-state index in [-0.39, 0.29) is 5.54 Å². The molecule has 1 aromatic carbocycles. The molecule has 2 fully saturated rings. The summed E-state index contributed by atoms with van der Waals surface area (Å²) in [5.74, 6) is 0.727. The number of aromatic nitrogens is 3. The van der Waals surface area contributed by atoms with E-state index in [1.165, 1.54) is 17.7 Å². The first-order valence-corrected chi connectivity index (χ1v) is 10.8. The van der Waals surface area contributed by atoms with E-state index < -0.39 is 0 Å². The fourth-order valence-corrected chi connectivity index (χ4v) is 5.05. The van der Waals surface area contributed by atoms with Gasteiger partial charge in [0.05, 0.1) is 28.6 Å². The number of fused-ring (bicyclic) bond motifs is 1. The Morgan fingerprint density at radius 3 is 2.77 bits per heavy atom. The molecule has 2 unspecified atom stereocenters. The van der Waals surface area contributed by atoms with E-state index in [0.717, 1.165) is 48.8 Å². The second-order valence-corrected chi connectivity index (χ2v) is 9.75. The zero-order valence-corrected chi connectivity index (χ0v) is 18.0. The lowest BCUT2D eigenvalue weighted by atomic mass is 9.86. The molecule has 1 aliphatic heterocycles. The third-order valence-corrected chi connectivity index (χ3v) is 6.61. The van der Waals surface area contributed by atoms with Gasteiger partial charge < -0.3 is 15.5 Å². The van der Waals surface area contributed by atoms with Crippen LogP contribution in [0.2, 0.25) is 0 Å². The van der Waals surface area contributed by atoms with Gasteiger partial charge in [-0.2, -0.15) is 0 Å². The van der Waals surface area contributed by atoms with Crippen molar-refractivity contribution in [3.05, 3.63) is 54.6 Å². The zero-order valence-electron chi connectivity index (χ0n) is 18.0. The smallest absolute Gasteiger partial charge is 0.0890 e. The Morgan fingerprint density at radius 2 is 1.97 bits per heavy atom. The lowest BCUT2D eigenvalue weighted by Crippen LogP contribution is -2.54. The second kappa shape index (κ2) is 7.20. The molecule has 2 aliphatic rings. The van der Waals surface area contributed by atoms with E-state index in [9.17, 15) is 0 Å². The molecule has 2 aromatic heterocycles.